The minimum absolute atomic E-state index is 0.105. The average Bonchev–Trinajstić information content (AvgIpc) is 3.48. The number of alkyl halides is 3. The Bertz CT molecular complexity index is 1160. The summed E-state index contributed by atoms with van der Waals surface area (Å²) >= 11 is 0. The number of methoxy groups -OCH3 is 1. The zero-order valence-electron chi connectivity index (χ0n) is 20.9. The molecule has 2 aliphatic heterocycles. The fraction of sp³-hybridized carbons (Fsp3) is 0.462. The largest absolute Gasteiger partial charge is 0.483 e. The Morgan fingerprint density at radius 1 is 1.27 bits per heavy atom. The molecular formula is C26H34F3N7O. The van der Waals surface area contributed by atoms with Gasteiger partial charge in [-0.05, 0) is 30.9 Å². The minimum atomic E-state index is -4.39. The van der Waals surface area contributed by atoms with Crippen LogP contribution in [0.4, 0.5) is 19.1 Å². The summed E-state index contributed by atoms with van der Waals surface area (Å²) in [7, 11) is 1.50. The van der Waals surface area contributed by atoms with E-state index in [9.17, 15) is 13.2 Å². The number of aromatic nitrogens is 3. The summed E-state index contributed by atoms with van der Waals surface area (Å²) < 4.78 is 46.9. The Labute approximate surface area is 214 Å². The first-order chi connectivity index (χ1) is 17.7. The number of hydrogen-bond donors (Lipinski definition) is 3. The van der Waals surface area contributed by atoms with Crippen LogP contribution in [0, 0.1) is 5.92 Å². The van der Waals surface area contributed by atoms with Gasteiger partial charge in [-0.25, -0.2) is 4.68 Å². The quantitative estimate of drug-likeness (QED) is 0.274. The van der Waals surface area contributed by atoms with Crippen molar-refractivity contribution in [1.82, 2.24) is 19.7 Å². The van der Waals surface area contributed by atoms with Crippen molar-refractivity contribution in [2.45, 2.75) is 50.4 Å². The molecule has 5 N–H and O–H groups in total. The van der Waals surface area contributed by atoms with Crippen LogP contribution in [0.2, 0.25) is 0 Å². The first kappa shape index (κ1) is 26.4. The lowest BCUT2D eigenvalue weighted by Gasteiger charge is -2.23. The zero-order valence-corrected chi connectivity index (χ0v) is 20.9. The van der Waals surface area contributed by atoms with E-state index in [1.54, 1.807) is 12.1 Å². The van der Waals surface area contributed by atoms with E-state index in [1.165, 1.54) is 25.4 Å². The molecule has 37 heavy (non-hydrogen) atoms. The second kappa shape index (κ2) is 11.2. The molecule has 1 saturated heterocycles. The number of hydrogen-bond acceptors (Lipinski definition) is 7. The number of nitrogens with one attached hydrogen (secondary N) is 1. The summed E-state index contributed by atoms with van der Waals surface area (Å²) in [4.78, 5) is 6.90. The van der Waals surface area contributed by atoms with Crippen molar-refractivity contribution in [3.63, 3.8) is 0 Å². The van der Waals surface area contributed by atoms with E-state index in [4.69, 9.17) is 21.2 Å². The number of anilines is 1. The summed E-state index contributed by atoms with van der Waals surface area (Å²) in [6.45, 7) is 6.19. The molecule has 0 spiro atoms. The zero-order chi connectivity index (χ0) is 26.6. The maximum atomic E-state index is 13.3. The molecule has 3 unspecified atom stereocenters. The molecule has 11 heteroatoms. The van der Waals surface area contributed by atoms with Crippen LogP contribution in [0.1, 0.15) is 48.6 Å². The van der Waals surface area contributed by atoms with E-state index in [0.29, 0.717) is 30.3 Å². The number of rotatable bonds is 8. The number of allylic oxidation sites excluding steroid dienone is 1. The van der Waals surface area contributed by atoms with Crippen LogP contribution in [-0.2, 0) is 17.5 Å². The third kappa shape index (κ3) is 6.03. The van der Waals surface area contributed by atoms with E-state index in [2.05, 4.69) is 21.9 Å². The van der Waals surface area contributed by atoms with Gasteiger partial charge in [-0.1, -0.05) is 30.7 Å². The second-order valence-corrected chi connectivity index (χ2v) is 9.43. The number of halogens is 3. The molecule has 3 atom stereocenters. The molecule has 0 saturated carbocycles. The van der Waals surface area contributed by atoms with Gasteiger partial charge in [0.05, 0.1) is 24.4 Å². The number of fused-ring (bicyclic) bond motifs is 1. The van der Waals surface area contributed by atoms with E-state index < -0.39 is 11.7 Å². The van der Waals surface area contributed by atoms with Crippen molar-refractivity contribution < 1.29 is 17.9 Å². The van der Waals surface area contributed by atoms with Gasteiger partial charge >= 0.3 is 6.18 Å². The second-order valence-electron chi connectivity index (χ2n) is 9.43. The lowest BCUT2D eigenvalue weighted by atomic mass is 9.92. The van der Waals surface area contributed by atoms with Gasteiger partial charge < -0.3 is 26.4 Å². The summed E-state index contributed by atoms with van der Waals surface area (Å²) in [5.74, 6) is 1.37. The predicted molar refractivity (Wildman–Crippen MR) is 136 cm³/mol. The van der Waals surface area contributed by atoms with Gasteiger partial charge in [-0.2, -0.15) is 18.2 Å². The Morgan fingerprint density at radius 3 is 2.78 bits per heavy atom. The predicted octanol–water partition coefficient (Wildman–Crippen LogP) is 4.15. The Balaban J connectivity index is 1.52. The van der Waals surface area contributed by atoms with Crippen molar-refractivity contribution in [3.8, 4) is 0 Å². The highest BCUT2D eigenvalue weighted by atomic mass is 19.4. The number of nitrogens with two attached hydrogens (primary N) is 2. The van der Waals surface area contributed by atoms with Crippen LogP contribution in [-0.4, -0.2) is 45.9 Å². The molecule has 2 aliphatic rings. The van der Waals surface area contributed by atoms with E-state index in [1.807, 2.05) is 10.8 Å². The fourth-order valence-corrected chi connectivity index (χ4v) is 5.11. The third-order valence-electron chi connectivity index (χ3n) is 7.09. The highest BCUT2D eigenvalue weighted by Crippen LogP contribution is 2.36. The number of nitrogens with zero attached hydrogens (tertiary/aromatic N) is 4. The fourth-order valence-electron chi connectivity index (χ4n) is 5.11. The molecule has 200 valence electrons. The molecule has 1 fully saturated rings. The van der Waals surface area contributed by atoms with Crippen LogP contribution in [0.3, 0.4) is 0 Å². The highest BCUT2D eigenvalue weighted by Gasteiger charge is 2.33. The molecule has 3 heterocycles. The van der Waals surface area contributed by atoms with Crippen LogP contribution >= 0.6 is 0 Å². The smallest absolute Gasteiger partial charge is 0.416 e. The lowest BCUT2D eigenvalue weighted by molar-refractivity contribution is -0.137. The van der Waals surface area contributed by atoms with Crippen molar-refractivity contribution in [2.24, 2.45) is 17.4 Å². The van der Waals surface area contributed by atoms with E-state index in [0.717, 1.165) is 44.1 Å². The molecule has 8 nitrogen and oxygen atoms in total. The first-order valence-electron chi connectivity index (χ1n) is 12.4. The monoisotopic (exact) mass is 517 g/mol. The topological polar surface area (TPSA) is 107 Å². The lowest BCUT2D eigenvalue weighted by Crippen LogP contribution is -2.30. The van der Waals surface area contributed by atoms with Crippen LogP contribution in [0.15, 0.2) is 60.8 Å². The normalized spacial score (nSPS) is 21.8. The highest BCUT2D eigenvalue weighted by molar-refractivity contribution is 5.35. The summed E-state index contributed by atoms with van der Waals surface area (Å²) in [5.41, 5.74) is 12.3. The molecule has 4 rings (SSSR count). The molecule has 2 aromatic rings. The number of ether oxygens (including phenoxy) is 1. The molecule has 0 bridgehead atoms. The van der Waals surface area contributed by atoms with Gasteiger partial charge in [0.15, 0.2) is 5.88 Å². The standard InChI is InChI=1S/C26H34F3N7O/c1-3-22(18-10-12-35(16-18)20(15-30)14-23(31)37-2)32-25-33-24-21(9-4-5-11-36(24)34-25)17-7-6-8-19(13-17)26(27,28)29/h3,6-8,13-15,18,21-22H,1,4-5,9-12,16,30-31H2,2H3,(H,32,34)/b20-15+,23-14+. The van der Waals surface area contributed by atoms with Crippen LogP contribution in [0.5, 0.6) is 0 Å². The minimum Gasteiger partial charge on any atom is -0.483 e. The molecule has 0 amide bonds. The van der Waals surface area contributed by atoms with Gasteiger partial charge in [-0.3, -0.25) is 0 Å². The Morgan fingerprint density at radius 2 is 2.08 bits per heavy atom. The van der Waals surface area contributed by atoms with Crippen LogP contribution in [0.25, 0.3) is 0 Å². The number of aryl methyl sites for hydroxylation is 1. The Hall–Kier alpha value is -3.63. The van der Waals surface area contributed by atoms with Gasteiger partial charge in [0.1, 0.15) is 5.82 Å². The van der Waals surface area contributed by atoms with Crippen molar-refractivity contribution in [3.05, 3.63) is 77.7 Å². The van der Waals surface area contributed by atoms with Gasteiger partial charge in [0, 0.05) is 43.7 Å². The van der Waals surface area contributed by atoms with Gasteiger partial charge in [0.25, 0.3) is 0 Å². The maximum absolute atomic E-state index is 13.3. The van der Waals surface area contributed by atoms with E-state index in [-0.39, 0.29) is 23.8 Å². The molecular weight excluding hydrogens is 483 g/mol. The average molecular weight is 518 g/mol. The molecule has 0 radical (unpaired) electrons. The molecule has 1 aromatic heterocycles. The Kier molecular flexibility index (Phi) is 7.99. The first-order valence-corrected chi connectivity index (χ1v) is 12.4. The van der Waals surface area contributed by atoms with Gasteiger partial charge in [0.2, 0.25) is 5.95 Å². The molecule has 1 aromatic carbocycles. The van der Waals surface area contributed by atoms with Crippen molar-refractivity contribution in [1.29, 1.82) is 0 Å². The number of likely N-dealkylation sites (tertiary alicyclic amines) is 1. The molecule has 0 aliphatic carbocycles. The van der Waals surface area contributed by atoms with Crippen LogP contribution < -0.4 is 16.8 Å². The number of benzene rings is 1. The SMILES string of the molecule is C=CC(Nc1nc2n(n1)CCCCC2c1cccc(C(F)(F)F)c1)C1CCN(C(/C=C(\N)OC)=C/N)C1. The van der Waals surface area contributed by atoms with Crippen molar-refractivity contribution in [2.75, 3.05) is 25.5 Å². The van der Waals surface area contributed by atoms with E-state index >= 15 is 0 Å². The van der Waals surface area contributed by atoms with Crippen molar-refractivity contribution >= 4 is 5.95 Å². The summed E-state index contributed by atoms with van der Waals surface area (Å²) in [6.07, 6.45) is 4.04. The van der Waals surface area contributed by atoms with Gasteiger partial charge in [-0.15, -0.1) is 11.7 Å². The summed E-state index contributed by atoms with van der Waals surface area (Å²) in [6, 6.07) is 5.43. The maximum Gasteiger partial charge on any atom is 0.416 e. The third-order valence-corrected chi connectivity index (χ3v) is 7.09. The summed E-state index contributed by atoms with van der Waals surface area (Å²) in [5, 5.41) is 8.08.